The number of carbonyl (C=O) groups is 2. The fraction of sp³-hybridized carbons (Fsp3) is 0.467. The first kappa shape index (κ1) is 15.4. The molecule has 0 saturated carbocycles. The molecule has 1 fully saturated rings. The maximum Gasteiger partial charge on any atom is 0.246 e. The average Bonchev–Trinajstić information content (AvgIpc) is 2.43. The maximum absolute atomic E-state index is 13.3. The number of benzene rings is 1. The maximum atomic E-state index is 13.3. The van der Waals surface area contributed by atoms with Crippen LogP contribution in [0.5, 0.6) is 0 Å². The van der Waals surface area contributed by atoms with E-state index in [-0.39, 0.29) is 24.9 Å². The highest BCUT2D eigenvalue weighted by atomic mass is 19.1. The third-order valence-electron chi connectivity index (χ3n) is 4.07. The summed E-state index contributed by atoms with van der Waals surface area (Å²) in [6.45, 7) is 3.57. The number of nitrogens with one attached hydrogen (secondary N) is 1. The molecule has 0 radical (unpaired) electrons. The van der Waals surface area contributed by atoms with Crippen LogP contribution in [-0.4, -0.2) is 28.8 Å². The zero-order valence-corrected chi connectivity index (χ0v) is 12.1. The summed E-state index contributed by atoms with van der Waals surface area (Å²) in [5.41, 5.74) is -0.625. The van der Waals surface area contributed by atoms with E-state index >= 15 is 0 Å². The van der Waals surface area contributed by atoms with E-state index in [0.717, 1.165) is 6.07 Å². The van der Waals surface area contributed by atoms with Crippen LogP contribution in [-0.2, 0) is 16.1 Å². The van der Waals surface area contributed by atoms with Gasteiger partial charge in [-0.3, -0.25) is 9.59 Å². The van der Waals surface area contributed by atoms with E-state index in [9.17, 15) is 18.4 Å². The van der Waals surface area contributed by atoms with Crippen molar-refractivity contribution in [2.24, 2.45) is 0 Å². The van der Waals surface area contributed by atoms with E-state index in [0.29, 0.717) is 18.4 Å². The van der Waals surface area contributed by atoms with Crippen molar-refractivity contribution in [3.63, 3.8) is 0 Å². The lowest BCUT2D eigenvalue weighted by atomic mass is 9.87. The fourth-order valence-electron chi connectivity index (χ4n) is 2.85. The minimum Gasteiger partial charge on any atom is -0.345 e. The summed E-state index contributed by atoms with van der Waals surface area (Å²) < 4.78 is 26.6. The van der Waals surface area contributed by atoms with Gasteiger partial charge in [-0.05, 0) is 30.5 Å². The minimum atomic E-state index is -0.960. The molecule has 1 aliphatic rings. The van der Waals surface area contributed by atoms with Crippen LogP contribution >= 0.6 is 0 Å². The van der Waals surface area contributed by atoms with Crippen LogP contribution in [0.2, 0.25) is 0 Å². The van der Waals surface area contributed by atoms with Crippen LogP contribution in [0.25, 0.3) is 0 Å². The number of rotatable bonds is 4. The molecule has 21 heavy (non-hydrogen) atoms. The second-order valence-electron chi connectivity index (χ2n) is 5.18. The normalized spacial score (nSPS) is 17.8. The molecule has 0 unspecified atom stereocenters. The van der Waals surface area contributed by atoms with Gasteiger partial charge in [0, 0.05) is 12.6 Å². The van der Waals surface area contributed by atoms with Gasteiger partial charge in [0.25, 0.3) is 0 Å². The Kier molecular flexibility index (Phi) is 4.25. The van der Waals surface area contributed by atoms with Gasteiger partial charge in [0.05, 0.1) is 6.54 Å². The molecule has 6 heteroatoms. The highest BCUT2D eigenvalue weighted by Crippen LogP contribution is 2.29. The monoisotopic (exact) mass is 296 g/mol. The third kappa shape index (κ3) is 2.75. The quantitative estimate of drug-likeness (QED) is 0.923. The van der Waals surface area contributed by atoms with E-state index in [1.165, 1.54) is 17.0 Å². The molecular weight excluding hydrogens is 278 g/mol. The number of hydrogen-bond donors (Lipinski definition) is 1. The molecule has 0 atom stereocenters. The molecule has 0 aliphatic carbocycles. The molecule has 1 aromatic rings. The van der Waals surface area contributed by atoms with Crippen molar-refractivity contribution in [2.45, 2.75) is 38.8 Å². The first-order chi connectivity index (χ1) is 9.92. The molecule has 1 heterocycles. The van der Waals surface area contributed by atoms with Crippen LogP contribution in [0.15, 0.2) is 18.2 Å². The second kappa shape index (κ2) is 5.79. The largest absolute Gasteiger partial charge is 0.345 e. The number of halogens is 2. The van der Waals surface area contributed by atoms with Gasteiger partial charge in [0.2, 0.25) is 11.8 Å². The Labute approximate surface area is 122 Å². The van der Waals surface area contributed by atoms with Crippen molar-refractivity contribution in [2.75, 3.05) is 6.54 Å². The zero-order valence-electron chi connectivity index (χ0n) is 12.1. The van der Waals surface area contributed by atoms with Gasteiger partial charge in [0.15, 0.2) is 0 Å². The van der Waals surface area contributed by atoms with Crippen molar-refractivity contribution in [1.29, 1.82) is 0 Å². The minimum absolute atomic E-state index is 0.0165. The summed E-state index contributed by atoms with van der Waals surface area (Å²) >= 11 is 0. The van der Waals surface area contributed by atoms with Crippen molar-refractivity contribution in [1.82, 2.24) is 10.2 Å². The molecule has 1 aromatic carbocycles. The Bertz CT molecular complexity index is 551. The summed E-state index contributed by atoms with van der Waals surface area (Å²) in [6, 6.07) is 3.14. The van der Waals surface area contributed by atoms with Gasteiger partial charge in [-0.15, -0.1) is 0 Å². The van der Waals surface area contributed by atoms with Crippen molar-refractivity contribution in [3.8, 4) is 0 Å². The predicted molar refractivity (Wildman–Crippen MR) is 73.2 cm³/mol. The second-order valence-corrected chi connectivity index (χ2v) is 5.18. The first-order valence-corrected chi connectivity index (χ1v) is 6.96. The van der Waals surface area contributed by atoms with E-state index < -0.39 is 17.2 Å². The van der Waals surface area contributed by atoms with Crippen LogP contribution in [0.3, 0.4) is 0 Å². The SMILES string of the molecule is CCC1(CC)C(=O)NCC(=O)N1Cc1cc(F)cc(F)c1. The molecule has 0 aromatic heterocycles. The van der Waals surface area contributed by atoms with E-state index in [4.69, 9.17) is 0 Å². The Morgan fingerprint density at radius 2 is 1.71 bits per heavy atom. The highest BCUT2D eigenvalue weighted by Gasteiger charge is 2.46. The molecule has 2 amide bonds. The number of nitrogens with zero attached hydrogens (tertiary/aromatic N) is 1. The molecule has 1 aliphatic heterocycles. The summed E-state index contributed by atoms with van der Waals surface area (Å²) in [5.74, 6) is -1.86. The molecule has 1 saturated heterocycles. The number of piperazine rings is 1. The number of amides is 2. The summed E-state index contributed by atoms with van der Waals surface area (Å²) in [5, 5.41) is 2.58. The summed E-state index contributed by atoms with van der Waals surface area (Å²) in [7, 11) is 0. The smallest absolute Gasteiger partial charge is 0.246 e. The van der Waals surface area contributed by atoms with Crippen molar-refractivity contribution < 1.29 is 18.4 Å². The lowest BCUT2D eigenvalue weighted by molar-refractivity contribution is -0.155. The van der Waals surface area contributed by atoms with Gasteiger partial charge in [0.1, 0.15) is 17.2 Å². The van der Waals surface area contributed by atoms with Gasteiger partial charge in [-0.2, -0.15) is 0 Å². The fourth-order valence-corrected chi connectivity index (χ4v) is 2.85. The van der Waals surface area contributed by atoms with Gasteiger partial charge >= 0.3 is 0 Å². The Hall–Kier alpha value is -1.98. The molecule has 0 bridgehead atoms. The van der Waals surface area contributed by atoms with Gasteiger partial charge < -0.3 is 10.2 Å². The van der Waals surface area contributed by atoms with E-state index in [1.54, 1.807) is 0 Å². The number of carbonyl (C=O) groups excluding carboxylic acids is 2. The summed E-state index contributed by atoms with van der Waals surface area (Å²) in [4.78, 5) is 25.8. The van der Waals surface area contributed by atoms with Crippen LogP contribution in [0.1, 0.15) is 32.3 Å². The van der Waals surface area contributed by atoms with E-state index in [1.807, 2.05) is 13.8 Å². The summed E-state index contributed by atoms with van der Waals surface area (Å²) in [6.07, 6.45) is 0.887. The molecule has 2 rings (SSSR count). The lowest BCUT2D eigenvalue weighted by Crippen LogP contribution is -2.66. The molecule has 4 nitrogen and oxygen atoms in total. The lowest BCUT2D eigenvalue weighted by Gasteiger charge is -2.45. The Balaban J connectivity index is 2.37. The van der Waals surface area contributed by atoms with Crippen molar-refractivity contribution >= 4 is 11.8 Å². The molecular formula is C15H18F2N2O2. The Morgan fingerprint density at radius 1 is 1.14 bits per heavy atom. The third-order valence-corrected chi connectivity index (χ3v) is 4.07. The molecule has 114 valence electrons. The molecule has 1 N–H and O–H groups in total. The van der Waals surface area contributed by atoms with Crippen LogP contribution in [0.4, 0.5) is 8.78 Å². The predicted octanol–water partition coefficient (Wildman–Crippen LogP) is 1.98. The number of hydrogen-bond acceptors (Lipinski definition) is 2. The van der Waals surface area contributed by atoms with Gasteiger partial charge in [-0.1, -0.05) is 13.8 Å². The zero-order chi connectivity index (χ0) is 15.6. The Morgan fingerprint density at radius 3 is 2.24 bits per heavy atom. The topological polar surface area (TPSA) is 49.4 Å². The van der Waals surface area contributed by atoms with Crippen molar-refractivity contribution in [3.05, 3.63) is 35.4 Å². The van der Waals surface area contributed by atoms with E-state index in [2.05, 4.69) is 5.32 Å². The first-order valence-electron chi connectivity index (χ1n) is 6.96. The van der Waals surface area contributed by atoms with Gasteiger partial charge in [-0.25, -0.2) is 8.78 Å². The van der Waals surface area contributed by atoms with Crippen LogP contribution in [0, 0.1) is 11.6 Å². The molecule has 0 spiro atoms. The highest BCUT2D eigenvalue weighted by molar-refractivity contribution is 5.97. The van der Waals surface area contributed by atoms with Crippen LogP contribution < -0.4 is 5.32 Å². The standard InChI is InChI=1S/C15H18F2N2O2/c1-3-15(4-2)14(21)18-8-13(20)19(15)9-10-5-11(16)7-12(17)6-10/h5-7H,3-4,8-9H2,1-2H3,(H,18,21). The average molecular weight is 296 g/mol.